The van der Waals surface area contributed by atoms with Crippen molar-refractivity contribution in [1.82, 2.24) is 10.2 Å². The van der Waals surface area contributed by atoms with Gasteiger partial charge in [0, 0.05) is 26.2 Å². The van der Waals surface area contributed by atoms with Gasteiger partial charge in [-0.05, 0) is 31.8 Å². The standard InChI is InChI=1S/C13H28N2O/c1-5-12(14-6-2)9-15-8-7-11(3)13(10-15)16-4/h11-14H,5-10H2,1-4H3. The van der Waals surface area contributed by atoms with E-state index in [-0.39, 0.29) is 0 Å². The molecule has 1 fully saturated rings. The second-order valence-corrected chi connectivity index (χ2v) is 4.96. The Bertz CT molecular complexity index is 187. The van der Waals surface area contributed by atoms with E-state index in [1.54, 1.807) is 0 Å². The minimum absolute atomic E-state index is 0.424. The minimum Gasteiger partial charge on any atom is -0.380 e. The van der Waals surface area contributed by atoms with E-state index in [1.807, 2.05) is 7.11 Å². The van der Waals surface area contributed by atoms with Gasteiger partial charge in [0.1, 0.15) is 0 Å². The van der Waals surface area contributed by atoms with Gasteiger partial charge in [0.2, 0.25) is 0 Å². The molecule has 16 heavy (non-hydrogen) atoms. The molecule has 0 saturated carbocycles. The Balaban J connectivity index is 2.36. The Kier molecular flexibility index (Phi) is 6.32. The molecule has 1 saturated heterocycles. The summed E-state index contributed by atoms with van der Waals surface area (Å²) >= 11 is 0. The summed E-state index contributed by atoms with van der Waals surface area (Å²) in [6, 6.07) is 0.635. The van der Waals surface area contributed by atoms with Crippen LogP contribution in [0.3, 0.4) is 0 Å². The highest BCUT2D eigenvalue weighted by molar-refractivity contribution is 4.81. The second-order valence-electron chi connectivity index (χ2n) is 4.96. The summed E-state index contributed by atoms with van der Waals surface area (Å²) in [6.07, 6.45) is 2.89. The molecular weight excluding hydrogens is 200 g/mol. The smallest absolute Gasteiger partial charge is 0.0724 e. The number of ether oxygens (including phenoxy) is 1. The fraction of sp³-hybridized carbons (Fsp3) is 1.00. The number of methoxy groups -OCH3 is 1. The molecule has 0 amide bonds. The van der Waals surface area contributed by atoms with E-state index in [4.69, 9.17) is 4.74 Å². The van der Waals surface area contributed by atoms with Crippen LogP contribution in [0.25, 0.3) is 0 Å². The summed E-state index contributed by atoms with van der Waals surface area (Å²) in [7, 11) is 1.84. The molecule has 0 aliphatic carbocycles. The third-order valence-electron chi connectivity index (χ3n) is 3.74. The molecule has 3 atom stereocenters. The predicted octanol–water partition coefficient (Wildman–Crippen LogP) is 1.73. The predicted molar refractivity (Wildman–Crippen MR) is 68.8 cm³/mol. The van der Waals surface area contributed by atoms with Crippen molar-refractivity contribution in [3.8, 4) is 0 Å². The van der Waals surface area contributed by atoms with Crippen LogP contribution in [0.1, 0.15) is 33.6 Å². The van der Waals surface area contributed by atoms with Crippen molar-refractivity contribution in [2.24, 2.45) is 5.92 Å². The van der Waals surface area contributed by atoms with Gasteiger partial charge in [0.05, 0.1) is 6.10 Å². The Morgan fingerprint density at radius 1 is 1.44 bits per heavy atom. The van der Waals surface area contributed by atoms with Crippen LogP contribution in [0.2, 0.25) is 0 Å². The number of likely N-dealkylation sites (tertiary alicyclic amines) is 1. The van der Waals surface area contributed by atoms with Crippen LogP contribution >= 0.6 is 0 Å². The maximum atomic E-state index is 5.55. The van der Waals surface area contributed by atoms with Crippen molar-refractivity contribution in [1.29, 1.82) is 0 Å². The number of nitrogens with one attached hydrogen (secondary N) is 1. The number of likely N-dealkylation sites (N-methyl/N-ethyl adjacent to an activating group) is 1. The molecule has 3 nitrogen and oxygen atoms in total. The molecule has 0 bridgehead atoms. The first kappa shape index (κ1) is 13.9. The van der Waals surface area contributed by atoms with Crippen LogP contribution in [0.5, 0.6) is 0 Å². The largest absolute Gasteiger partial charge is 0.380 e. The van der Waals surface area contributed by atoms with Gasteiger partial charge in [0.15, 0.2) is 0 Å². The van der Waals surface area contributed by atoms with Crippen molar-refractivity contribution < 1.29 is 4.74 Å². The molecule has 0 radical (unpaired) electrons. The van der Waals surface area contributed by atoms with Crippen LogP contribution < -0.4 is 5.32 Å². The van der Waals surface area contributed by atoms with Crippen LogP contribution in [-0.2, 0) is 4.74 Å². The Morgan fingerprint density at radius 3 is 2.75 bits per heavy atom. The molecule has 3 heteroatoms. The molecule has 1 N–H and O–H groups in total. The Labute approximate surface area is 101 Å². The Hall–Kier alpha value is -0.120. The number of hydrogen-bond acceptors (Lipinski definition) is 3. The summed E-state index contributed by atoms with van der Waals surface area (Å²) in [5, 5.41) is 3.54. The van der Waals surface area contributed by atoms with Gasteiger partial charge in [0.25, 0.3) is 0 Å². The zero-order chi connectivity index (χ0) is 12.0. The van der Waals surface area contributed by atoms with Crippen molar-refractivity contribution in [2.75, 3.05) is 33.3 Å². The van der Waals surface area contributed by atoms with E-state index in [1.165, 1.54) is 19.4 Å². The van der Waals surface area contributed by atoms with Crippen molar-refractivity contribution in [2.45, 2.75) is 45.8 Å². The highest BCUT2D eigenvalue weighted by Crippen LogP contribution is 2.19. The normalized spacial score (nSPS) is 29.2. The zero-order valence-electron chi connectivity index (χ0n) is 11.3. The van der Waals surface area contributed by atoms with Crippen molar-refractivity contribution in [3.63, 3.8) is 0 Å². The van der Waals surface area contributed by atoms with E-state index >= 15 is 0 Å². The van der Waals surface area contributed by atoms with E-state index in [0.29, 0.717) is 18.1 Å². The van der Waals surface area contributed by atoms with E-state index < -0.39 is 0 Å². The lowest BCUT2D eigenvalue weighted by Gasteiger charge is -2.37. The molecule has 1 aliphatic rings. The van der Waals surface area contributed by atoms with Gasteiger partial charge in [-0.25, -0.2) is 0 Å². The maximum Gasteiger partial charge on any atom is 0.0724 e. The Morgan fingerprint density at radius 2 is 2.19 bits per heavy atom. The van der Waals surface area contributed by atoms with Gasteiger partial charge in [-0.3, -0.25) is 4.90 Å². The van der Waals surface area contributed by atoms with Gasteiger partial charge in [-0.2, -0.15) is 0 Å². The maximum absolute atomic E-state index is 5.55. The first-order valence-electron chi connectivity index (χ1n) is 6.69. The lowest BCUT2D eigenvalue weighted by Crippen LogP contribution is -2.49. The number of hydrogen-bond donors (Lipinski definition) is 1. The lowest BCUT2D eigenvalue weighted by atomic mass is 9.95. The zero-order valence-corrected chi connectivity index (χ0v) is 11.3. The number of nitrogens with zero attached hydrogens (tertiary/aromatic N) is 1. The summed E-state index contributed by atoms with van der Waals surface area (Å²) in [6.45, 7) is 11.3. The summed E-state index contributed by atoms with van der Waals surface area (Å²) < 4.78 is 5.55. The monoisotopic (exact) mass is 228 g/mol. The van der Waals surface area contributed by atoms with E-state index in [2.05, 4.69) is 31.0 Å². The van der Waals surface area contributed by atoms with Crippen LogP contribution in [0.15, 0.2) is 0 Å². The molecule has 0 spiro atoms. The van der Waals surface area contributed by atoms with Crippen LogP contribution in [0, 0.1) is 5.92 Å². The average molecular weight is 228 g/mol. The van der Waals surface area contributed by atoms with Crippen LogP contribution in [0.4, 0.5) is 0 Å². The summed E-state index contributed by atoms with van der Waals surface area (Å²) in [4.78, 5) is 2.55. The first-order chi connectivity index (χ1) is 7.71. The minimum atomic E-state index is 0.424. The van der Waals surface area contributed by atoms with E-state index in [9.17, 15) is 0 Å². The lowest BCUT2D eigenvalue weighted by molar-refractivity contribution is -0.00745. The third kappa shape index (κ3) is 4.04. The topological polar surface area (TPSA) is 24.5 Å². The third-order valence-corrected chi connectivity index (χ3v) is 3.74. The summed E-state index contributed by atoms with van der Waals surface area (Å²) in [5.74, 6) is 0.709. The molecule has 1 heterocycles. The van der Waals surface area contributed by atoms with Gasteiger partial charge in [-0.1, -0.05) is 20.8 Å². The first-order valence-corrected chi connectivity index (χ1v) is 6.69. The molecule has 96 valence electrons. The number of piperidine rings is 1. The average Bonchev–Trinajstić information content (AvgIpc) is 2.30. The molecule has 0 aromatic carbocycles. The molecule has 0 aromatic heterocycles. The molecule has 0 aromatic rings. The molecule has 1 aliphatic heterocycles. The quantitative estimate of drug-likeness (QED) is 0.749. The second kappa shape index (κ2) is 7.25. The highest BCUT2D eigenvalue weighted by Gasteiger charge is 2.26. The molecular formula is C13H28N2O. The summed E-state index contributed by atoms with van der Waals surface area (Å²) in [5.41, 5.74) is 0. The van der Waals surface area contributed by atoms with Crippen molar-refractivity contribution >= 4 is 0 Å². The number of rotatable bonds is 6. The highest BCUT2D eigenvalue weighted by atomic mass is 16.5. The van der Waals surface area contributed by atoms with Gasteiger partial charge in [-0.15, -0.1) is 0 Å². The fourth-order valence-corrected chi connectivity index (χ4v) is 2.51. The SMILES string of the molecule is CCNC(CC)CN1CCC(C)C(OC)C1. The van der Waals surface area contributed by atoms with Gasteiger partial charge < -0.3 is 10.1 Å². The van der Waals surface area contributed by atoms with Crippen LogP contribution in [-0.4, -0.2) is 50.3 Å². The van der Waals surface area contributed by atoms with Crippen molar-refractivity contribution in [3.05, 3.63) is 0 Å². The van der Waals surface area contributed by atoms with Gasteiger partial charge >= 0.3 is 0 Å². The molecule has 3 unspecified atom stereocenters. The molecule has 1 rings (SSSR count). The van der Waals surface area contributed by atoms with E-state index in [0.717, 1.165) is 19.6 Å². The fourth-order valence-electron chi connectivity index (χ4n) is 2.51.